The van der Waals surface area contributed by atoms with Crippen LogP contribution in [0.1, 0.15) is 0 Å². The molecule has 0 aliphatic heterocycles. The molecule has 0 bridgehead atoms. The van der Waals surface area contributed by atoms with Crippen molar-refractivity contribution in [3.63, 3.8) is 0 Å². The van der Waals surface area contributed by atoms with E-state index in [1.165, 1.54) is 0 Å². The minimum Gasteiger partial charge on any atom is -0.824 e. The molecule has 0 aromatic rings. The number of nitrogens with two attached hydrogens (primary N) is 1. The summed E-state index contributed by atoms with van der Waals surface area (Å²) in [5.41, 5.74) is 4.74. The van der Waals surface area contributed by atoms with Crippen molar-refractivity contribution in [2.45, 2.75) is 0 Å². The predicted octanol–water partition coefficient (Wildman–Crippen LogP) is -5.19. The van der Waals surface area contributed by atoms with Gasteiger partial charge in [-0.1, -0.05) is 0 Å². The molecule has 0 aromatic heterocycles. The smallest absolute Gasteiger partial charge is 0.824 e. The largest absolute Gasteiger partial charge is 1.00 e. The molecule has 0 unspecified atom stereocenters. The molecule has 0 atom stereocenters. The van der Waals surface area contributed by atoms with Crippen molar-refractivity contribution in [3.05, 3.63) is 0 Å². The fourth-order valence-electron chi connectivity index (χ4n) is 0.125. The van der Waals surface area contributed by atoms with E-state index in [-0.39, 0.29) is 36.1 Å². The number of hydrogen-bond acceptors (Lipinski definition) is 4. The molecular weight excluding hydrogens is 121 g/mol. The number of carbonyl (C=O) groups is 1. The van der Waals surface area contributed by atoms with Gasteiger partial charge in [-0.05, 0) is 0 Å². The fraction of sp³-hybridized carbons (Fsp3) is 0.667. The van der Waals surface area contributed by atoms with Gasteiger partial charge in [-0.25, -0.2) is 0 Å². The van der Waals surface area contributed by atoms with Crippen LogP contribution in [0, 0.1) is 0 Å². The van der Waals surface area contributed by atoms with E-state index >= 15 is 0 Å². The molecule has 0 radical (unpaired) electrons. The van der Waals surface area contributed by atoms with E-state index in [4.69, 9.17) is 5.73 Å². The summed E-state index contributed by atoms with van der Waals surface area (Å²) < 4.78 is 3.87. The van der Waals surface area contributed by atoms with Gasteiger partial charge in [-0.2, -0.15) is 0 Å². The number of rotatable bonds is 2. The standard InChI is InChI=1S/C3H6NO3.Na/c4-1-3(6)7-2-5;/h1-2,4H2;/q-1;+1. The van der Waals surface area contributed by atoms with Gasteiger partial charge in [0.05, 0.1) is 6.54 Å². The Morgan fingerprint density at radius 2 is 2.25 bits per heavy atom. The van der Waals surface area contributed by atoms with Gasteiger partial charge in [-0.3, -0.25) is 4.79 Å². The molecule has 0 amide bonds. The fourth-order valence-corrected chi connectivity index (χ4v) is 0.125. The third kappa shape index (κ3) is 6.39. The first-order chi connectivity index (χ1) is 3.31. The van der Waals surface area contributed by atoms with Gasteiger partial charge in [0.15, 0.2) is 0 Å². The van der Waals surface area contributed by atoms with Crippen LogP contribution in [0.25, 0.3) is 0 Å². The summed E-state index contributed by atoms with van der Waals surface area (Å²) in [7, 11) is 0. The monoisotopic (exact) mass is 127 g/mol. The summed E-state index contributed by atoms with van der Waals surface area (Å²) in [4.78, 5) is 9.86. The third-order valence-electron chi connectivity index (χ3n) is 0.387. The first kappa shape index (κ1) is 11.2. The van der Waals surface area contributed by atoms with Gasteiger partial charge in [0, 0.05) is 6.79 Å². The molecule has 0 aromatic carbocycles. The molecule has 0 rings (SSSR count). The molecule has 5 heteroatoms. The molecule has 0 heterocycles. The Balaban J connectivity index is 0. The van der Waals surface area contributed by atoms with Crippen molar-refractivity contribution in [1.29, 1.82) is 0 Å². The zero-order chi connectivity index (χ0) is 5.70. The molecular formula is C3H6NNaO3. The van der Waals surface area contributed by atoms with Crippen molar-refractivity contribution in [2.24, 2.45) is 5.73 Å². The average molecular weight is 127 g/mol. The molecule has 0 saturated heterocycles. The van der Waals surface area contributed by atoms with Crippen LogP contribution in [0.15, 0.2) is 0 Å². The number of esters is 1. The van der Waals surface area contributed by atoms with Crippen LogP contribution in [0.5, 0.6) is 0 Å². The molecule has 4 nitrogen and oxygen atoms in total. The summed E-state index contributed by atoms with van der Waals surface area (Å²) in [6, 6.07) is 0. The summed E-state index contributed by atoms with van der Waals surface area (Å²) in [6.07, 6.45) is 0. The zero-order valence-corrected chi connectivity index (χ0v) is 6.72. The van der Waals surface area contributed by atoms with Gasteiger partial charge in [0.25, 0.3) is 0 Å². The topological polar surface area (TPSA) is 75.4 Å². The van der Waals surface area contributed by atoms with E-state index < -0.39 is 12.8 Å². The number of ether oxygens (including phenoxy) is 1. The Morgan fingerprint density at radius 3 is 2.38 bits per heavy atom. The third-order valence-corrected chi connectivity index (χ3v) is 0.387. The normalized spacial score (nSPS) is 7.25. The van der Waals surface area contributed by atoms with E-state index in [1.54, 1.807) is 0 Å². The van der Waals surface area contributed by atoms with Crippen molar-refractivity contribution in [1.82, 2.24) is 0 Å². The minimum absolute atomic E-state index is 0. The number of carbonyl (C=O) groups excluding carboxylic acids is 1. The first-order valence-electron chi connectivity index (χ1n) is 1.75. The van der Waals surface area contributed by atoms with E-state index in [9.17, 15) is 9.90 Å². The maximum atomic E-state index is 9.86. The maximum Gasteiger partial charge on any atom is 1.00 e. The van der Waals surface area contributed by atoms with Crippen LogP contribution in [-0.4, -0.2) is 19.3 Å². The van der Waals surface area contributed by atoms with E-state index in [2.05, 4.69) is 4.74 Å². The van der Waals surface area contributed by atoms with Crippen LogP contribution < -0.4 is 40.4 Å². The van der Waals surface area contributed by atoms with Crippen molar-refractivity contribution < 1.29 is 44.2 Å². The van der Waals surface area contributed by atoms with Gasteiger partial charge in [0.2, 0.25) is 0 Å². The Labute approximate surface area is 69.3 Å². The van der Waals surface area contributed by atoms with Gasteiger partial charge < -0.3 is 15.6 Å². The average Bonchev–Trinajstić information content (AvgIpc) is 1.68. The Bertz CT molecular complexity index is 67.5. The first-order valence-corrected chi connectivity index (χ1v) is 1.75. The molecule has 0 saturated carbocycles. The van der Waals surface area contributed by atoms with Crippen LogP contribution in [-0.2, 0) is 9.53 Å². The van der Waals surface area contributed by atoms with Crippen LogP contribution in [0.2, 0.25) is 0 Å². The second kappa shape index (κ2) is 7.39. The Morgan fingerprint density at radius 1 is 1.75 bits per heavy atom. The number of hydrogen-bond donors (Lipinski definition) is 1. The van der Waals surface area contributed by atoms with Gasteiger partial charge in [-0.15, -0.1) is 0 Å². The predicted molar refractivity (Wildman–Crippen MR) is 20.0 cm³/mol. The summed E-state index contributed by atoms with van der Waals surface area (Å²) in [6.45, 7) is -1.06. The SMILES string of the molecule is NCC(=O)OC[O-].[Na+]. The summed E-state index contributed by atoms with van der Waals surface area (Å²) in [5.74, 6) is -0.657. The van der Waals surface area contributed by atoms with E-state index in [0.717, 1.165) is 0 Å². The van der Waals surface area contributed by atoms with Crippen molar-refractivity contribution in [2.75, 3.05) is 13.3 Å². The van der Waals surface area contributed by atoms with Crippen LogP contribution in [0.3, 0.4) is 0 Å². The molecule has 42 valence electrons. The Hall–Kier alpha value is 0.390. The van der Waals surface area contributed by atoms with Crippen molar-refractivity contribution in [3.8, 4) is 0 Å². The van der Waals surface area contributed by atoms with E-state index in [1.807, 2.05) is 0 Å². The van der Waals surface area contributed by atoms with Gasteiger partial charge >= 0.3 is 35.5 Å². The van der Waals surface area contributed by atoms with Crippen molar-refractivity contribution >= 4 is 5.97 Å². The van der Waals surface area contributed by atoms with E-state index in [0.29, 0.717) is 0 Å². The molecule has 0 fully saturated rings. The molecule has 0 aliphatic rings. The van der Waals surface area contributed by atoms with Crippen LogP contribution in [0.4, 0.5) is 0 Å². The van der Waals surface area contributed by atoms with Gasteiger partial charge in [0.1, 0.15) is 0 Å². The molecule has 0 spiro atoms. The quantitative estimate of drug-likeness (QED) is 0.228. The summed E-state index contributed by atoms with van der Waals surface area (Å²) >= 11 is 0. The molecule has 8 heavy (non-hydrogen) atoms. The molecule has 2 N–H and O–H groups in total. The summed E-state index contributed by atoms with van der Waals surface area (Å²) in [5, 5.41) is 9.40. The zero-order valence-electron chi connectivity index (χ0n) is 4.72. The maximum absolute atomic E-state index is 9.86. The van der Waals surface area contributed by atoms with Crippen LogP contribution >= 0.6 is 0 Å². The second-order valence-corrected chi connectivity index (χ2v) is 0.838. The minimum atomic E-state index is -0.837. The Kier molecular flexibility index (Phi) is 10.4. The molecule has 0 aliphatic carbocycles. The second-order valence-electron chi connectivity index (χ2n) is 0.838.